The highest BCUT2D eigenvalue weighted by Crippen LogP contribution is 2.32. The number of ether oxygens (including phenoxy) is 1. The van der Waals surface area contributed by atoms with Crippen LogP contribution >= 0.6 is 0 Å². The van der Waals surface area contributed by atoms with Crippen molar-refractivity contribution in [3.63, 3.8) is 0 Å². The molecule has 1 unspecified atom stereocenters. The largest absolute Gasteiger partial charge is 0.377 e. The molecule has 1 saturated heterocycles. The summed E-state index contributed by atoms with van der Waals surface area (Å²) in [5, 5.41) is 0. The molecule has 2 aromatic carbocycles. The molecular weight excluding hydrogens is 324 g/mol. The molecule has 132 valence electrons. The number of benzene rings is 2. The van der Waals surface area contributed by atoms with E-state index in [1.807, 2.05) is 30.3 Å². The van der Waals surface area contributed by atoms with Crippen LogP contribution in [0, 0.1) is 0 Å². The van der Waals surface area contributed by atoms with Crippen LogP contribution in [0.25, 0.3) is 22.4 Å². The Kier molecular flexibility index (Phi) is 4.59. The fraction of sp³-hybridized carbons (Fsp3) is 0.227. The number of H-pyrrole nitrogens is 1. The molecule has 0 bridgehead atoms. The van der Waals surface area contributed by atoms with E-state index in [2.05, 4.69) is 47.1 Å². The smallest absolute Gasteiger partial charge is 0.250 e. The molecule has 0 saturated carbocycles. The van der Waals surface area contributed by atoms with Crippen LogP contribution in [0.15, 0.2) is 71.5 Å². The Bertz CT molecular complexity index is 950. The lowest BCUT2D eigenvalue weighted by Gasteiger charge is -2.35. The molecule has 0 aliphatic carbocycles. The van der Waals surface area contributed by atoms with Crippen molar-refractivity contribution in [2.45, 2.75) is 13.0 Å². The van der Waals surface area contributed by atoms with E-state index in [1.165, 1.54) is 0 Å². The van der Waals surface area contributed by atoms with Gasteiger partial charge >= 0.3 is 0 Å². The number of nitrogens with one attached hydrogen (secondary N) is 1. The van der Waals surface area contributed by atoms with Gasteiger partial charge in [0.2, 0.25) is 5.56 Å². The maximum absolute atomic E-state index is 12.4. The summed E-state index contributed by atoms with van der Waals surface area (Å²) >= 11 is 0. The number of aromatic amines is 1. The number of pyridine rings is 1. The third-order valence-electron chi connectivity index (χ3n) is 4.83. The van der Waals surface area contributed by atoms with Crippen LogP contribution in [0.5, 0.6) is 0 Å². The summed E-state index contributed by atoms with van der Waals surface area (Å²) in [4.78, 5) is 17.6. The van der Waals surface area contributed by atoms with Crippen molar-refractivity contribution in [3.8, 4) is 22.4 Å². The predicted octanol–water partition coefficient (Wildman–Crippen LogP) is 3.93. The van der Waals surface area contributed by atoms with E-state index in [-0.39, 0.29) is 11.6 Å². The Balaban J connectivity index is 1.81. The first-order valence-electron chi connectivity index (χ1n) is 8.96. The Hall–Kier alpha value is -2.85. The maximum atomic E-state index is 12.4. The number of anilines is 1. The highest BCUT2D eigenvalue weighted by atomic mass is 16.5. The minimum absolute atomic E-state index is 0.0842. The monoisotopic (exact) mass is 346 g/mol. The standard InChI is InChI=1S/C22H22N2O2/c1-16-15-26-12-11-24(16)18-13-21(23-22(25)14-18)20-10-6-5-9-19(20)17-7-3-2-4-8-17/h2-10,13-14,16H,11-12,15H2,1H3,(H,23,25). The molecule has 3 aromatic rings. The first-order chi connectivity index (χ1) is 12.7. The normalized spacial score (nSPS) is 17.3. The first kappa shape index (κ1) is 16.6. The SMILES string of the molecule is CC1COCCN1c1cc(-c2ccccc2-c2ccccc2)[nH]c(=O)c1. The van der Waals surface area contributed by atoms with E-state index in [0.717, 1.165) is 34.6 Å². The lowest BCUT2D eigenvalue weighted by Crippen LogP contribution is -2.44. The number of nitrogens with zero attached hydrogens (tertiary/aromatic N) is 1. The highest BCUT2D eigenvalue weighted by Gasteiger charge is 2.20. The second kappa shape index (κ2) is 7.18. The Morgan fingerprint density at radius 1 is 1.00 bits per heavy atom. The molecule has 0 spiro atoms. The lowest BCUT2D eigenvalue weighted by atomic mass is 9.97. The van der Waals surface area contributed by atoms with E-state index in [4.69, 9.17) is 4.74 Å². The average Bonchev–Trinajstić information content (AvgIpc) is 2.68. The molecule has 0 amide bonds. The third kappa shape index (κ3) is 3.28. The summed E-state index contributed by atoms with van der Waals surface area (Å²) in [5.41, 5.74) is 4.97. The van der Waals surface area contributed by atoms with Crippen molar-refractivity contribution in [1.82, 2.24) is 4.98 Å². The van der Waals surface area contributed by atoms with Gasteiger partial charge in [0, 0.05) is 29.9 Å². The minimum atomic E-state index is -0.0842. The molecule has 1 fully saturated rings. The molecule has 1 aromatic heterocycles. The van der Waals surface area contributed by atoms with E-state index >= 15 is 0 Å². The average molecular weight is 346 g/mol. The van der Waals surface area contributed by atoms with Crippen LogP contribution in [0.1, 0.15) is 6.92 Å². The zero-order chi connectivity index (χ0) is 17.9. The van der Waals surface area contributed by atoms with Crippen molar-refractivity contribution >= 4 is 5.69 Å². The van der Waals surface area contributed by atoms with Gasteiger partial charge in [-0.25, -0.2) is 0 Å². The van der Waals surface area contributed by atoms with Gasteiger partial charge in [0.15, 0.2) is 0 Å². The summed E-state index contributed by atoms with van der Waals surface area (Å²) < 4.78 is 5.53. The molecule has 1 aliphatic heterocycles. The van der Waals surface area contributed by atoms with E-state index in [1.54, 1.807) is 6.07 Å². The maximum Gasteiger partial charge on any atom is 0.250 e. The second-order valence-electron chi connectivity index (χ2n) is 6.65. The van der Waals surface area contributed by atoms with Gasteiger partial charge < -0.3 is 14.6 Å². The molecular formula is C22H22N2O2. The first-order valence-corrected chi connectivity index (χ1v) is 8.96. The summed E-state index contributed by atoms with van der Waals surface area (Å²) in [6.07, 6.45) is 0. The van der Waals surface area contributed by atoms with Crippen LogP contribution < -0.4 is 10.5 Å². The number of rotatable bonds is 3. The van der Waals surface area contributed by atoms with Gasteiger partial charge in [0.05, 0.1) is 18.9 Å². The number of morpholine rings is 1. The lowest BCUT2D eigenvalue weighted by molar-refractivity contribution is 0.0989. The predicted molar refractivity (Wildman–Crippen MR) is 106 cm³/mol. The van der Waals surface area contributed by atoms with Crippen LogP contribution in [0.3, 0.4) is 0 Å². The van der Waals surface area contributed by atoms with Crippen molar-refractivity contribution in [2.24, 2.45) is 0 Å². The van der Waals surface area contributed by atoms with Crippen LogP contribution in [0.4, 0.5) is 5.69 Å². The van der Waals surface area contributed by atoms with Gasteiger partial charge in [-0.3, -0.25) is 4.79 Å². The van der Waals surface area contributed by atoms with Crippen molar-refractivity contribution in [2.75, 3.05) is 24.7 Å². The van der Waals surface area contributed by atoms with E-state index < -0.39 is 0 Å². The summed E-state index contributed by atoms with van der Waals surface area (Å²) in [6, 6.07) is 22.4. The Morgan fingerprint density at radius 3 is 2.50 bits per heavy atom. The van der Waals surface area contributed by atoms with E-state index in [9.17, 15) is 4.79 Å². The molecule has 1 atom stereocenters. The van der Waals surface area contributed by atoms with E-state index in [0.29, 0.717) is 13.2 Å². The minimum Gasteiger partial charge on any atom is -0.377 e. The number of aromatic nitrogens is 1. The van der Waals surface area contributed by atoms with Gasteiger partial charge in [-0.2, -0.15) is 0 Å². The molecule has 4 rings (SSSR count). The molecule has 2 heterocycles. The fourth-order valence-electron chi connectivity index (χ4n) is 3.54. The topological polar surface area (TPSA) is 45.3 Å². The van der Waals surface area contributed by atoms with Crippen LogP contribution in [-0.4, -0.2) is 30.8 Å². The summed E-state index contributed by atoms with van der Waals surface area (Å²) in [7, 11) is 0. The van der Waals surface area contributed by atoms with Crippen molar-refractivity contribution in [3.05, 3.63) is 77.1 Å². The second-order valence-corrected chi connectivity index (χ2v) is 6.65. The fourth-order valence-corrected chi connectivity index (χ4v) is 3.54. The number of hydrogen-bond donors (Lipinski definition) is 1. The van der Waals surface area contributed by atoms with Gasteiger partial charge in [-0.05, 0) is 24.1 Å². The van der Waals surface area contributed by atoms with Crippen molar-refractivity contribution < 1.29 is 4.74 Å². The molecule has 1 N–H and O–H groups in total. The van der Waals surface area contributed by atoms with Gasteiger partial charge in [0.25, 0.3) is 0 Å². The highest BCUT2D eigenvalue weighted by molar-refractivity contribution is 5.82. The number of hydrogen-bond acceptors (Lipinski definition) is 3. The molecule has 0 radical (unpaired) electrons. The summed E-state index contributed by atoms with van der Waals surface area (Å²) in [5.74, 6) is 0. The molecule has 1 aliphatic rings. The van der Waals surface area contributed by atoms with Gasteiger partial charge in [-0.15, -0.1) is 0 Å². The Morgan fingerprint density at radius 2 is 1.73 bits per heavy atom. The van der Waals surface area contributed by atoms with Gasteiger partial charge in [0.1, 0.15) is 0 Å². The van der Waals surface area contributed by atoms with Crippen LogP contribution in [0.2, 0.25) is 0 Å². The Labute approximate surface area is 153 Å². The third-order valence-corrected chi connectivity index (χ3v) is 4.83. The summed E-state index contributed by atoms with van der Waals surface area (Å²) in [6.45, 7) is 4.29. The molecule has 4 nitrogen and oxygen atoms in total. The molecule has 26 heavy (non-hydrogen) atoms. The van der Waals surface area contributed by atoms with Gasteiger partial charge in [-0.1, -0.05) is 54.6 Å². The van der Waals surface area contributed by atoms with Crippen LogP contribution in [-0.2, 0) is 4.74 Å². The zero-order valence-corrected chi connectivity index (χ0v) is 14.8. The quantitative estimate of drug-likeness (QED) is 0.781. The molecule has 4 heteroatoms. The van der Waals surface area contributed by atoms with Crippen molar-refractivity contribution in [1.29, 1.82) is 0 Å². The zero-order valence-electron chi connectivity index (χ0n) is 14.8.